The molecule has 1 aromatic carbocycles. The molecule has 4 nitrogen and oxygen atoms in total. The smallest absolute Gasteiger partial charge is 0.241 e. The maximum absolute atomic E-state index is 4.74. The SMILES string of the molecule is Cc1cc(C)c(C)c(-c2c3c(nc[n+]2C)C(c2cnc(C)nc2)=CC3)c1. The van der Waals surface area contributed by atoms with Crippen LogP contribution >= 0.6 is 0 Å². The van der Waals surface area contributed by atoms with Gasteiger partial charge in [-0.15, -0.1) is 0 Å². The Balaban J connectivity index is 1.90. The first-order valence-electron chi connectivity index (χ1n) is 8.91. The quantitative estimate of drug-likeness (QED) is 0.668. The van der Waals surface area contributed by atoms with Gasteiger partial charge >= 0.3 is 0 Å². The first-order chi connectivity index (χ1) is 12.5. The van der Waals surface area contributed by atoms with E-state index in [-0.39, 0.29) is 0 Å². The Kier molecular flexibility index (Phi) is 3.91. The Morgan fingerprint density at radius 2 is 1.69 bits per heavy atom. The van der Waals surface area contributed by atoms with Crippen LogP contribution < -0.4 is 4.57 Å². The fraction of sp³-hybridized carbons (Fsp3) is 0.273. The predicted octanol–water partition coefficient (Wildman–Crippen LogP) is 3.58. The first-order valence-corrected chi connectivity index (χ1v) is 8.91. The molecule has 3 aromatic rings. The van der Waals surface area contributed by atoms with Crippen molar-refractivity contribution in [1.82, 2.24) is 15.0 Å². The van der Waals surface area contributed by atoms with Crippen molar-refractivity contribution in [2.75, 3.05) is 0 Å². The highest BCUT2D eigenvalue weighted by atomic mass is 15.0. The van der Waals surface area contributed by atoms with Gasteiger partial charge in [0.15, 0.2) is 5.69 Å². The maximum Gasteiger partial charge on any atom is 0.287 e. The summed E-state index contributed by atoms with van der Waals surface area (Å²) in [5, 5.41) is 0. The summed E-state index contributed by atoms with van der Waals surface area (Å²) in [6, 6.07) is 4.53. The molecule has 2 heterocycles. The molecule has 0 N–H and O–H groups in total. The molecule has 0 bridgehead atoms. The molecule has 0 spiro atoms. The van der Waals surface area contributed by atoms with Gasteiger partial charge in [0.2, 0.25) is 0 Å². The van der Waals surface area contributed by atoms with Crippen molar-refractivity contribution in [3.05, 3.63) is 76.3 Å². The summed E-state index contributed by atoms with van der Waals surface area (Å²) in [4.78, 5) is 13.4. The molecule has 0 fully saturated rings. The molecule has 0 amide bonds. The lowest BCUT2D eigenvalue weighted by molar-refractivity contribution is -0.663. The lowest BCUT2D eigenvalue weighted by atomic mass is 9.94. The molecule has 0 radical (unpaired) electrons. The average molecular weight is 343 g/mol. The number of hydrogen-bond donors (Lipinski definition) is 0. The van der Waals surface area contributed by atoms with Gasteiger partial charge in [0.05, 0.1) is 12.6 Å². The van der Waals surface area contributed by atoms with Crippen LogP contribution in [0.25, 0.3) is 16.8 Å². The van der Waals surface area contributed by atoms with Gasteiger partial charge in [0.1, 0.15) is 11.5 Å². The van der Waals surface area contributed by atoms with E-state index >= 15 is 0 Å². The molecule has 2 aromatic heterocycles. The molecule has 1 aliphatic carbocycles. The third kappa shape index (κ3) is 2.62. The van der Waals surface area contributed by atoms with E-state index in [1.54, 1.807) is 0 Å². The Morgan fingerprint density at radius 3 is 2.42 bits per heavy atom. The summed E-state index contributed by atoms with van der Waals surface area (Å²) >= 11 is 0. The normalized spacial score (nSPS) is 12.9. The van der Waals surface area contributed by atoms with Crippen molar-refractivity contribution >= 4 is 5.57 Å². The van der Waals surface area contributed by atoms with Crippen LogP contribution in [0.15, 0.2) is 36.9 Å². The van der Waals surface area contributed by atoms with Crippen molar-refractivity contribution in [1.29, 1.82) is 0 Å². The van der Waals surface area contributed by atoms with E-state index in [1.165, 1.54) is 33.5 Å². The second kappa shape index (κ2) is 6.13. The Hall–Kier alpha value is -2.88. The van der Waals surface area contributed by atoms with E-state index in [0.29, 0.717) is 0 Å². The Morgan fingerprint density at radius 1 is 0.962 bits per heavy atom. The van der Waals surface area contributed by atoms with Gasteiger partial charge in [0, 0.05) is 35.5 Å². The summed E-state index contributed by atoms with van der Waals surface area (Å²) in [6.07, 6.45) is 8.81. The van der Waals surface area contributed by atoms with Crippen LogP contribution in [0.4, 0.5) is 0 Å². The van der Waals surface area contributed by atoms with Crippen molar-refractivity contribution in [3.8, 4) is 11.3 Å². The topological polar surface area (TPSA) is 42.5 Å². The predicted molar refractivity (Wildman–Crippen MR) is 103 cm³/mol. The summed E-state index contributed by atoms with van der Waals surface area (Å²) < 4.78 is 2.14. The third-order valence-corrected chi connectivity index (χ3v) is 5.21. The fourth-order valence-electron chi connectivity index (χ4n) is 3.76. The first kappa shape index (κ1) is 16.6. The summed E-state index contributed by atoms with van der Waals surface area (Å²) in [5.74, 6) is 0.784. The number of nitrogens with zero attached hydrogens (tertiary/aromatic N) is 4. The summed E-state index contributed by atoms with van der Waals surface area (Å²) in [7, 11) is 2.08. The van der Waals surface area contributed by atoms with Crippen molar-refractivity contribution in [2.24, 2.45) is 7.05 Å². The summed E-state index contributed by atoms with van der Waals surface area (Å²) in [6.45, 7) is 8.44. The van der Waals surface area contributed by atoms with E-state index < -0.39 is 0 Å². The zero-order chi connectivity index (χ0) is 18.4. The number of benzene rings is 1. The number of fused-ring (bicyclic) bond motifs is 1. The Labute approximate surface area is 154 Å². The van der Waals surface area contributed by atoms with Crippen LogP contribution in [0.1, 0.15) is 39.3 Å². The molecule has 0 saturated carbocycles. The number of allylic oxidation sites excluding steroid dienone is 1. The zero-order valence-electron chi connectivity index (χ0n) is 16.0. The molecule has 0 saturated heterocycles. The molecule has 0 unspecified atom stereocenters. The number of hydrogen-bond acceptors (Lipinski definition) is 3. The van der Waals surface area contributed by atoms with Gasteiger partial charge in [-0.05, 0) is 49.9 Å². The minimum absolute atomic E-state index is 0.784. The van der Waals surface area contributed by atoms with Crippen LogP contribution in [-0.2, 0) is 13.5 Å². The second-order valence-electron chi connectivity index (χ2n) is 7.13. The highest BCUT2D eigenvalue weighted by Crippen LogP contribution is 2.36. The van der Waals surface area contributed by atoms with E-state index in [1.807, 2.05) is 25.6 Å². The average Bonchev–Trinajstić information content (AvgIpc) is 3.03. The molecule has 130 valence electrons. The number of rotatable bonds is 2. The molecule has 26 heavy (non-hydrogen) atoms. The monoisotopic (exact) mass is 343 g/mol. The molecule has 0 atom stereocenters. The van der Waals surface area contributed by atoms with Crippen LogP contribution in [0.3, 0.4) is 0 Å². The standard InChI is InChI=1S/C22H23N4/c1-13-8-14(2)15(3)20(9-13)22-19-7-6-18(21(19)25-12-26(22)5)17-10-23-16(4)24-11-17/h6,8-12H,7H2,1-5H3/q+1. The molecule has 0 aliphatic heterocycles. The van der Waals surface area contributed by atoms with Gasteiger partial charge in [-0.25, -0.2) is 14.5 Å². The van der Waals surface area contributed by atoms with Gasteiger partial charge in [-0.1, -0.05) is 17.7 Å². The maximum atomic E-state index is 4.74. The van der Waals surface area contributed by atoms with Crippen molar-refractivity contribution in [3.63, 3.8) is 0 Å². The van der Waals surface area contributed by atoms with E-state index in [0.717, 1.165) is 29.1 Å². The molecule has 1 aliphatic rings. The van der Waals surface area contributed by atoms with Crippen molar-refractivity contribution in [2.45, 2.75) is 34.1 Å². The minimum atomic E-state index is 0.784. The van der Waals surface area contributed by atoms with Gasteiger partial charge < -0.3 is 0 Å². The van der Waals surface area contributed by atoms with E-state index in [9.17, 15) is 0 Å². The fourth-order valence-corrected chi connectivity index (χ4v) is 3.76. The van der Waals surface area contributed by atoms with Crippen LogP contribution in [0.2, 0.25) is 0 Å². The largest absolute Gasteiger partial charge is 0.287 e. The molecule has 4 rings (SSSR count). The van der Waals surface area contributed by atoms with Gasteiger partial charge in [0.25, 0.3) is 6.33 Å². The zero-order valence-corrected chi connectivity index (χ0v) is 16.0. The molecular formula is C22H23N4+. The number of aryl methyl sites for hydroxylation is 4. The number of aromatic nitrogens is 4. The van der Waals surface area contributed by atoms with E-state index in [4.69, 9.17) is 4.98 Å². The lowest BCUT2D eigenvalue weighted by Gasteiger charge is -2.13. The van der Waals surface area contributed by atoms with Crippen LogP contribution in [0, 0.1) is 27.7 Å². The van der Waals surface area contributed by atoms with Crippen LogP contribution in [-0.4, -0.2) is 15.0 Å². The lowest BCUT2D eigenvalue weighted by Crippen LogP contribution is -2.33. The highest BCUT2D eigenvalue weighted by molar-refractivity contribution is 5.85. The van der Waals surface area contributed by atoms with Gasteiger partial charge in [-0.2, -0.15) is 0 Å². The van der Waals surface area contributed by atoms with Crippen molar-refractivity contribution < 1.29 is 4.57 Å². The van der Waals surface area contributed by atoms with Crippen LogP contribution in [0.5, 0.6) is 0 Å². The molecular weight excluding hydrogens is 320 g/mol. The summed E-state index contributed by atoms with van der Waals surface area (Å²) in [5.41, 5.74) is 10.9. The van der Waals surface area contributed by atoms with Gasteiger partial charge in [-0.3, -0.25) is 0 Å². The van der Waals surface area contributed by atoms with E-state index in [2.05, 4.69) is 60.6 Å². The second-order valence-corrected chi connectivity index (χ2v) is 7.13. The third-order valence-electron chi connectivity index (χ3n) is 5.21. The highest BCUT2D eigenvalue weighted by Gasteiger charge is 2.29. The Bertz CT molecular complexity index is 1050. The minimum Gasteiger partial charge on any atom is -0.241 e. The molecule has 4 heteroatoms.